The Kier molecular flexibility index (Phi) is 4.52. The van der Waals surface area contributed by atoms with E-state index in [0.29, 0.717) is 19.4 Å². The van der Waals surface area contributed by atoms with E-state index in [1.165, 1.54) is 0 Å². The number of nitrogens with one attached hydrogen (secondary N) is 2. The third kappa shape index (κ3) is 3.79. The SMILES string of the molecule is O=C(CCCc1ccc2c(c1)CC(=O)N2)NCCO. The van der Waals surface area contributed by atoms with Gasteiger partial charge in [-0.15, -0.1) is 0 Å². The van der Waals surface area contributed by atoms with Crippen LogP contribution in [0, 0.1) is 0 Å². The largest absolute Gasteiger partial charge is 0.395 e. The lowest BCUT2D eigenvalue weighted by Crippen LogP contribution is -2.26. The monoisotopic (exact) mass is 262 g/mol. The van der Waals surface area contributed by atoms with Gasteiger partial charge in [-0.3, -0.25) is 9.59 Å². The summed E-state index contributed by atoms with van der Waals surface area (Å²) in [6, 6.07) is 5.93. The van der Waals surface area contributed by atoms with Gasteiger partial charge < -0.3 is 15.7 Å². The normalized spacial score (nSPS) is 13.0. The highest BCUT2D eigenvalue weighted by Gasteiger charge is 2.17. The van der Waals surface area contributed by atoms with Gasteiger partial charge in [-0.25, -0.2) is 0 Å². The Morgan fingerprint density at radius 3 is 3.05 bits per heavy atom. The third-order valence-electron chi connectivity index (χ3n) is 3.10. The van der Waals surface area contributed by atoms with E-state index in [1.54, 1.807) is 0 Å². The lowest BCUT2D eigenvalue weighted by Gasteiger charge is -2.05. The third-order valence-corrected chi connectivity index (χ3v) is 3.10. The second-order valence-electron chi connectivity index (χ2n) is 4.64. The molecule has 0 aromatic heterocycles. The van der Waals surface area contributed by atoms with Crippen LogP contribution in [0.5, 0.6) is 0 Å². The van der Waals surface area contributed by atoms with Crippen molar-refractivity contribution in [3.63, 3.8) is 0 Å². The topological polar surface area (TPSA) is 78.4 Å². The molecule has 1 aromatic rings. The van der Waals surface area contributed by atoms with Crippen LogP contribution in [-0.4, -0.2) is 30.1 Å². The molecule has 0 fully saturated rings. The number of aryl methyl sites for hydroxylation is 1. The first-order valence-electron chi connectivity index (χ1n) is 6.48. The van der Waals surface area contributed by atoms with Gasteiger partial charge in [-0.2, -0.15) is 0 Å². The number of anilines is 1. The van der Waals surface area contributed by atoms with E-state index in [0.717, 1.165) is 29.7 Å². The van der Waals surface area contributed by atoms with Crippen molar-refractivity contribution in [1.29, 1.82) is 0 Å². The van der Waals surface area contributed by atoms with Gasteiger partial charge in [0.25, 0.3) is 0 Å². The van der Waals surface area contributed by atoms with Gasteiger partial charge in [0.15, 0.2) is 0 Å². The predicted molar refractivity (Wildman–Crippen MR) is 71.8 cm³/mol. The number of hydrogen-bond donors (Lipinski definition) is 3. The number of fused-ring (bicyclic) bond motifs is 1. The number of aliphatic hydroxyl groups is 1. The van der Waals surface area contributed by atoms with E-state index < -0.39 is 0 Å². The van der Waals surface area contributed by atoms with Crippen LogP contribution in [0.3, 0.4) is 0 Å². The van der Waals surface area contributed by atoms with Crippen molar-refractivity contribution in [3.05, 3.63) is 29.3 Å². The molecule has 2 amide bonds. The van der Waals surface area contributed by atoms with E-state index in [2.05, 4.69) is 10.6 Å². The van der Waals surface area contributed by atoms with Crippen molar-refractivity contribution in [1.82, 2.24) is 5.32 Å². The van der Waals surface area contributed by atoms with Gasteiger partial charge >= 0.3 is 0 Å². The lowest BCUT2D eigenvalue weighted by atomic mass is 10.0. The first-order valence-corrected chi connectivity index (χ1v) is 6.48. The summed E-state index contributed by atoms with van der Waals surface area (Å²) in [4.78, 5) is 22.6. The standard InChI is InChI=1S/C14H18N2O3/c17-7-6-15-13(18)3-1-2-10-4-5-12-11(8-10)9-14(19)16-12/h4-5,8,17H,1-3,6-7,9H2,(H,15,18)(H,16,19). The molecule has 1 aromatic carbocycles. The fourth-order valence-electron chi connectivity index (χ4n) is 2.17. The highest BCUT2D eigenvalue weighted by molar-refractivity contribution is 5.99. The molecule has 1 heterocycles. The van der Waals surface area contributed by atoms with Gasteiger partial charge in [0.2, 0.25) is 11.8 Å². The zero-order valence-electron chi connectivity index (χ0n) is 10.7. The predicted octanol–water partition coefficient (Wildman–Crippen LogP) is 0.612. The van der Waals surface area contributed by atoms with Gasteiger partial charge in [-0.1, -0.05) is 12.1 Å². The van der Waals surface area contributed by atoms with Crippen molar-refractivity contribution in [2.75, 3.05) is 18.5 Å². The zero-order chi connectivity index (χ0) is 13.7. The van der Waals surface area contributed by atoms with E-state index in [9.17, 15) is 9.59 Å². The quantitative estimate of drug-likeness (QED) is 0.703. The van der Waals surface area contributed by atoms with Crippen LogP contribution in [0.1, 0.15) is 24.0 Å². The lowest BCUT2D eigenvalue weighted by molar-refractivity contribution is -0.121. The number of hydrogen-bond acceptors (Lipinski definition) is 3. The van der Waals surface area contributed by atoms with Gasteiger partial charge in [0.05, 0.1) is 13.0 Å². The Morgan fingerprint density at radius 1 is 1.42 bits per heavy atom. The Balaban J connectivity index is 1.79. The summed E-state index contributed by atoms with van der Waals surface area (Å²) in [5, 5.41) is 14.0. The molecular weight excluding hydrogens is 244 g/mol. The summed E-state index contributed by atoms with van der Waals surface area (Å²) >= 11 is 0. The van der Waals surface area contributed by atoms with Crippen molar-refractivity contribution < 1.29 is 14.7 Å². The molecule has 0 atom stereocenters. The summed E-state index contributed by atoms with van der Waals surface area (Å²) in [6.45, 7) is 0.281. The maximum atomic E-state index is 11.3. The Hall–Kier alpha value is -1.88. The molecule has 102 valence electrons. The van der Waals surface area contributed by atoms with Crippen molar-refractivity contribution in [2.45, 2.75) is 25.7 Å². The first kappa shape index (κ1) is 13.5. The molecule has 0 saturated heterocycles. The van der Waals surface area contributed by atoms with Crippen LogP contribution in [-0.2, 0) is 22.4 Å². The molecule has 0 aliphatic carbocycles. The molecule has 19 heavy (non-hydrogen) atoms. The molecule has 3 N–H and O–H groups in total. The smallest absolute Gasteiger partial charge is 0.228 e. The number of carbonyl (C=O) groups excluding carboxylic acids is 2. The van der Waals surface area contributed by atoms with Crippen LogP contribution in [0.4, 0.5) is 5.69 Å². The molecule has 0 bridgehead atoms. The maximum absolute atomic E-state index is 11.3. The summed E-state index contributed by atoms with van der Waals surface area (Å²) in [5.41, 5.74) is 3.08. The van der Waals surface area contributed by atoms with E-state index >= 15 is 0 Å². The van der Waals surface area contributed by atoms with E-state index in [-0.39, 0.29) is 18.4 Å². The molecular formula is C14H18N2O3. The number of rotatable bonds is 6. The molecule has 1 aliphatic heterocycles. The Morgan fingerprint density at radius 2 is 2.26 bits per heavy atom. The number of benzene rings is 1. The van der Waals surface area contributed by atoms with Crippen LogP contribution >= 0.6 is 0 Å². The van der Waals surface area contributed by atoms with Crippen LogP contribution < -0.4 is 10.6 Å². The summed E-state index contributed by atoms with van der Waals surface area (Å²) < 4.78 is 0. The summed E-state index contributed by atoms with van der Waals surface area (Å²) in [6.07, 6.45) is 2.47. The van der Waals surface area contributed by atoms with E-state index in [1.807, 2.05) is 18.2 Å². The number of amides is 2. The second-order valence-corrected chi connectivity index (χ2v) is 4.64. The second kappa shape index (κ2) is 6.33. The molecule has 0 unspecified atom stereocenters. The molecule has 0 saturated carbocycles. The molecule has 0 radical (unpaired) electrons. The summed E-state index contributed by atoms with van der Waals surface area (Å²) in [5.74, 6) is 0.00239. The van der Waals surface area contributed by atoms with Gasteiger partial charge in [-0.05, 0) is 30.0 Å². The Bertz CT molecular complexity index is 486. The summed E-state index contributed by atoms with van der Waals surface area (Å²) in [7, 11) is 0. The molecule has 5 heteroatoms. The van der Waals surface area contributed by atoms with Crippen molar-refractivity contribution >= 4 is 17.5 Å². The minimum Gasteiger partial charge on any atom is -0.395 e. The first-order chi connectivity index (χ1) is 9.19. The highest BCUT2D eigenvalue weighted by atomic mass is 16.3. The fourth-order valence-corrected chi connectivity index (χ4v) is 2.17. The zero-order valence-corrected chi connectivity index (χ0v) is 10.7. The highest BCUT2D eigenvalue weighted by Crippen LogP contribution is 2.24. The maximum Gasteiger partial charge on any atom is 0.228 e. The number of carbonyl (C=O) groups is 2. The van der Waals surface area contributed by atoms with Crippen molar-refractivity contribution in [2.24, 2.45) is 0 Å². The minimum atomic E-state index is -0.0351. The van der Waals surface area contributed by atoms with Gasteiger partial charge in [0, 0.05) is 18.7 Å². The Labute approximate surface area is 112 Å². The van der Waals surface area contributed by atoms with Crippen LogP contribution in [0.15, 0.2) is 18.2 Å². The fraction of sp³-hybridized carbons (Fsp3) is 0.429. The minimum absolute atomic E-state index is 0.0302. The molecule has 1 aliphatic rings. The molecule has 5 nitrogen and oxygen atoms in total. The average molecular weight is 262 g/mol. The van der Waals surface area contributed by atoms with Crippen LogP contribution in [0.2, 0.25) is 0 Å². The van der Waals surface area contributed by atoms with Crippen LogP contribution in [0.25, 0.3) is 0 Å². The number of aliphatic hydroxyl groups excluding tert-OH is 1. The van der Waals surface area contributed by atoms with Crippen molar-refractivity contribution in [3.8, 4) is 0 Å². The molecule has 0 spiro atoms. The van der Waals surface area contributed by atoms with E-state index in [4.69, 9.17) is 5.11 Å². The average Bonchev–Trinajstić information content (AvgIpc) is 2.75. The van der Waals surface area contributed by atoms with Gasteiger partial charge in [0.1, 0.15) is 0 Å². The molecule has 2 rings (SSSR count).